The van der Waals surface area contributed by atoms with Gasteiger partial charge in [0.2, 0.25) is 0 Å². The maximum Gasteiger partial charge on any atom is 0.308 e. The van der Waals surface area contributed by atoms with E-state index in [1.807, 2.05) is 0 Å². The fraction of sp³-hybridized carbons (Fsp3) is 0.556. The largest absolute Gasteiger partial charge is 0.457 e. The lowest BCUT2D eigenvalue weighted by Gasteiger charge is -2.10. The van der Waals surface area contributed by atoms with Crippen molar-refractivity contribution in [3.8, 4) is 0 Å². The van der Waals surface area contributed by atoms with Crippen LogP contribution in [-0.2, 0) is 14.3 Å². The van der Waals surface area contributed by atoms with Gasteiger partial charge in [-0.2, -0.15) is 0 Å². The van der Waals surface area contributed by atoms with E-state index in [1.165, 1.54) is 6.08 Å². The van der Waals surface area contributed by atoms with Gasteiger partial charge in [0.25, 0.3) is 0 Å². The number of esters is 1. The molecule has 66 valence electrons. The van der Waals surface area contributed by atoms with Crippen LogP contribution in [0.4, 0.5) is 0 Å². The maximum atomic E-state index is 11.0. The van der Waals surface area contributed by atoms with Crippen LogP contribution < -0.4 is 0 Å². The van der Waals surface area contributed by atoms with Crippen LogP contribution in [0.2, 0.25) is 0 Å². The van der Waals surface area contributed by atoms with Gasteiger partial charge in [-0.1, -0.05) is 13.8 Å². The SMILES string of the molecule is CC(C)C(=O)OC1C=CC(=O)C1. The zero-order chi connectivity index (χ0) is 9.14. The second-order valence-electron chi connectivity index (χ2n) is 3.16. The van der Waals surface area contributed by atoms with Crippen LogP contribution in [0.15, 0.2) is 12.2 Å². The van der Waals surface area contributed by atoms with E-state index in [9.17, 15) is 9.59 Å². The van der Waals surface area contributed by atoms with Crippen LogP contribution in [0.25, 0.3) is 0 Å². The average molecular weight is 168 g/mol. The Morgan fingerprint density at radius 1 is 1.67 bits per heavy atom. The Balaban J connectivity index is 2.38. The molecule has 0 radical (unpaired) electrons. The van der Waals surface area contributed by atoms with Crippen LogP contribution in [0.3, 0.4) is 0 Å². The number of ketones is 1. The Labute approximate surface area is 71.4 Å². The lowest BCUT2D eigenvalue weighted by atomic mass is 10.2. The molecular formula is C9H12O3. The summed E-state index contributed by atoms with van der Waals surface area (Å²) >= 11 is 0. The molecule has 1 aliphatic rings. The molecule has 0 bridgehead atoms. The Hall–Kier alpha value is -1.12. The van der Waals surface area contributed by atoms with Crippen molar-refractivity contribution in [2.24, 2.45) is 5.92 Å². The molecule has 1 atom stereocenters. The van der Waals surface area contributed by atoms with Gasteiger partial charge in [0.1, 0.15) is 6.10 Å². The smallest absolute Gasteiger partial charge is 0.308 e. The van der Waals surface area contributed by atoms with E-state index in [2.05, 4.69) is 0 Å². The first-order valence-corrected chi connectivity index (χ1v) is 4.01. The molecule has 3 nitrogen and oxygen atoms in total. The molecule has 12 heavy (non-hydrogen) atoms. The molecule has 0 saturated heterocycles. The predicted octanol–water partition coefficient (Wildman–Crippen LogP) is 1.08. The van der Waals surface area contributed by atoms with Crippen LogP contribution in [0.5, 0.6) is 0 Å². The molecule has 0 aromatic carbocycles. The highest BCUT2D eigenvalue weighted by Crippen LogP contribution is 2.12. The summed E-state index contributed by atoms with van der Waals surface area (Å²) in [5, 5.41) is 0. The van der Waals surface area contributed by atoms with Crippen molar-refractivity contribution in [3.05, 3.63) is 12.2 Å². The Morgan fingerprint density at radius 3 is 2.75 bits per heavy atom. The second-order valence-corrected chi connectivity index (χ2v) is 3.16. The van der Waals surface area contributed by atoms with E-state index in [1.54, 1.807) is 19.9 Å². The van der Waals surface area contributed by atoms with Crippen LogP contribution >= 0.6 is 0 Å². The summed E-state index contributed by atoms with van der Waals surface area (Å²) < 4.78 is 5.00. The van der Waals surface area contributed by atoms with E-state index in [0.717, 1.165) is 0 Å². The molecule has 0 aromatic rings. The topological polar surface area (TPSA) is 43.4 Å². The number of carbonyl (C=O) groups excluding carboxylic acids is 2. The molecule has 1 aliphatic carbocycles. The molecule has 3 heteroatoms. The van der Waals surface area contributed by atoms with Crippen molar-refractivity contribution < 1.29 is 14.3 Å². The first-order valence-electron chi connectivity index (χ1n) is 4.01. The van der Waals surface area contributed by atoms with Crippen molar-refractivity contribution in [1.29, 1.82) is 0 Å². The predicted molar refractivity (Wildman–Crippen MR) is 43.5 cm³/mol. The number of rotatable bonds is 2. The van der Waals surface area contributed by atoms with Crippen LogP contribution in [0.1, 0.15) is 20.3 Å². The molecule has 0 aliphatic heterocycles. The summed E-state index contributed by atoms with van der Waals surface area (Å²) in [5.74, 6) is -0.356. The summed E-state index contributed by atoms with van der Waals surface area (Å²) in [6.07, 6.45) is 3.06. The minimum absolute atomic E-state index is 0.0246. The molecule has 0 N–H and O–H groups in total. The molecule has 0 aromatic heterocycles. The minimum Gasteiger partial charge on any atom is -0.457 e. The number of carbonyl (C=O) groups is 2. The van der Waals surface area contributed by atoms with Crippen LogP contribution in [-0.4, -0.2) is 17.9 Å². The Morgan fingerprint density at radius 2 is 2.33 bits per heavy atom. The first kappa shape index (κ1) is 8.97. The third-order valence-electron chi connectivity index (χ3n) is 1.64. The Bertz CT molecular complexity index is 228. The maximum absolute atomic E-state index is 11.0. The van der Waals surface area contributed by atoms with Gasteiger partial charge in [0, 0.05) is 0 Å². The molecule has 0 saturated carbocycles. The van der Waals surface area contributed by atoms with Gasteiger partial charge in [-0.25, -0.2) is 0 Å². The molecule has 1 unspecified atom stereocenters. The van der Waals surface area contributed by atoms with Crippen molar-refractivity contribution >= 4 is 11.8 Å². The number of allylic oxidation sites excluding steroid dienone is 1. The monoisotopic (exact) mass is 168 g/mol. The van der Waals surface area contributed by atoms with Crippen molar-refractivity contribution in [2.75, 3.05) is 0 Å². The zero-order valence-electron chi connectivity index (χ0n) is 7.24. The summed E-state index contributed by atoms with van der Waals surface area (Å²) in [7, 11) is 0. The normalized spacial score (nSPS) is 21.9. The van der Waals surface area contributed by atoms with Gasteiger partial charge < -0.3 is 4.74 Å². The fourth-order valence-electron chi connectivity index (χ4n) is 0.915. The number of ether oxygens (including phenoxy) is 1. The van der Waals surface area contributed by atoms with E-state index >= 15 is 0 Å². The summed E-state index contributed by atoms with van der Waals surface area (Å²) in [5.41, 5.74) is 0. The summed E-state index contributed by atoms with van der Waals surface area (Å²) in [6, 6.07) is 0. The molecular weight excluding hydrogens is 156 g/mol. The highest BCUT2D eigenvalue weighted by Gasteiger charge is 2.20. The quantitative estimate of drug-likeness (QED) is 0.579. The molecule has 1 rings (SSSR count). The van der Waals surface area contributed by atoms with Crippen molar-refractivity contribution in [2.45, 2.75) is 26.4 Å². The van der Waals surface area contributed by atoms with Gasteiger partial charge in [-0.15, -0.1) is 0 Å². The standard InChI is InChI=1S/C9H12O3/c1-6(2)9(11)12-8-4-3-7(10)5-8/h3-4,6,8H,5H2,1-2H3. The van der Waals surface area contributed by atoms with E-state index in [4.69, 9.17) is 4.74 Å². The summed E-state index contributed by atoms with van der Waals surface area (Å²) in [4.78, 5) is 21.8. The van der Waals surface area contributed by atoms with E-state index < -0.39 is 0 Å². The van der Waals surface area contributed by atoms with Crippen molar-refractivity contribution in [3.63, 3.8) is 0 Å². The zero-order valence-corrected chi connectivity index (χ0v) is 7.24. The van der Waals surface area contributed by atoms with Gasteiger partial charge in [-0.05, 0) is 12.2 Å². The molecule has 0 amide bonds. The number of hydrogen-bond donors (Lipinski definition) is 0. The molecule has 0 spiro atoms. The van der Waals surface area contributed by atoms with Gasteiger partial charge in [-0.3, -0.25) is 9.59 Å². The average Bonchev–Trinajstić information content (AvgIpc) is 2.35. The second kappa shape index (κ2) is 3.52. The van der Waals surface area contributed by atoms with E-state index in [-0.39, 0.29) is 23.8 Å². The van der Waals surface area contributed by atoms with Crippen molar-refractivity contribution in [1.82, 2.24) is 0 Å². The lowest BCUT2D eigenvalue weighted by Crippen LogP contribution is -2.19. The van der Waals surface area contributed by atoms with Gasteiger partial charge in [0.15, 0.2) is 5.78 Å². The highest BCUT2D eigenvalue weighted by atomic mass is 16.5. The van der Waals surface area contributed by atoms with E-state index in [0.29, 0.717) is 6.42 Å². The number of hydrogen-bond acceptors (Lipinski definition) is 3. The van der Waals surface area contributed by atoms with Crippen LogP contribution in [0, 0.1) is 5.92 Å². The third kappa shape index (κ3) is 2.19. The van der Waals surface area contributed by atoms with Gasteiger partial charge in [0.05, 0.1) is 12.3 Å². The third-order valence-corrected chi connectivity index (χ3v) is 1.64. The minimum atomic E-state index is -0.326. The lowest BCUT2D eigenvalue weighted by molar-refractivity contribution is -0.150. The van der Waals surface area contributed by atoms with Gasteiger partial charge >= 0.3 is 5.97 Å². The first-order chi connectivity index (χ1) is 5.59. The molecule has 0 heterocycles. The fourth-order valence-corrected chi connectivity index (χ4v) is 0.915. The highest BCUT2D eigenvalue weighted by molar-refractivity contribution is 5.93. The molecule has 0 fully saturated rings. The summed E-state index contributed by atoms with van der Waals surface area (Å²) in [6.45, 7) is 3.53. The Kier molecular flexibility index (Phi) is 2.63.